The van der Waals surface area contributed by atoms with E-state index < -0.39 is 0 Å². The molecule has 1 unspecified atom stereocenters. The van der Waals surface area contributed by atoms with E-state index in [1.807, 2.05) is 22.4 Å². The van der Waals surface area contributed by atoms with Crippen molar-refractivity contribution < 1.29 is 0 Å². The highest BCUT2D eigenvalue weighted by molar-refractivity contribution is 7.20. The number of hydrogen-bond acceptors (Lipinski definition) is 5. The molecule has 3 aromatic rings. The Labute approximate surface area is 146 Å². The Morgan fingerprint density at radius 1 is 1.25 bits per heavy atom. The van der Waals surface area contributed by atoms with Crippen molar-refractivity contribution in [3.05, 3.63) is 28.8 Å². The zero-order chi connectivity index (χ0) is 17.6. The highest BCUT2D eigenvalue weighted by Crippen LogP contribution is 2.31. The van der Waals surface area contributed by atoms with Crippen molar-refractivity contribution in [3.63, 3.8) is 0 Å². The number of rotatable bonds is 4. The molecule has 7 heteroatoms. The van der Waals surface area contributed by atoms with Gasteiger partial charge in [-0.3, -0.25) is 4.68 Å². The summed E-state index contributed by atoms with van der Waals surface area (Å²) in [6.45, 7) is 12.9. The van der Waals surface area contributed by atoms with Gasteiger partial charge >= 0.3 is 0 Å². The lowest BCUT2D eigenvalue weighted by atomic mass is 9.93. The van der Waals surface area contributed by atoms with Crippen LogP contribution in [0, 0.1) is 13.8 Å². The third-order valence-electron chi connectivity index (χ3n) is 4.43. The lowest BCUT2D eigenvalue weighted by Gasteiger charge is -2.17. The molecule has 0 fully saturated rings. The maximum atomic E-state index is 4.71. The predicted molar refractivity (Wildman–Crippen MR) is 98.9 cm³/mol. The standard InChI is InChI=1S/C17H26N6S/c1-8-12(14-10(2)20-22(7)11(14)3)18-15-21-23-9-13(17(4,5)6)19-16(23)24-15/h9,12H,8H2,1-7H3,(H,18,21). The van der Waals surface area contributed by atoms with Gasteiger partial charge in [0, 0.05) is 23.7 Å². The van der Waals surface area contributed by atoms with Crippen molar-refractivity contribution in [2.24, 2.45) is 7.05 Å². The lowest BCUT2D eigenvalue weighted by Crippen LogP contribution is -2.12. The molecule has 0 bridgehead atoms. The third kappa shape index (κ3) is 2.92. The van der Waals surface area contributed by atoms with Crippen LogP contribution >= 0.6 is 11.3 Å². The molecule has 0 spiro atoms. The molecule has 1 N–H and O–H groups in total. The Hall–Kier alpha value is -1.89. The Morgan fingerprint density at radius 3 is 2.46 bits per heavy atom. The molecule has 0 aromatic carbocycles. The van der Waals surface area contributed by atoms with Crippen LogP contribution in [0.15, 0.2) is 6.20 Å². The molecule has 0 amide bonds. The summed E-state index contributed by atoms with van der Waals surface area (Å²) in [6, 6.07) is 0.205. The summed E-state index contributed by atoms with van der Waals surface area (Å²) in [7, 11) is 1.99. The molecule has 0 aliphatic carbocycles. The molecule has 0 radical (unpaired) electrons. The summed E-state index contributed by atoms with van der Waals surface area (Å²) < 4.78 is 3.82. The Kier molecular flexibility index (Phi) is 4.15. The molecule has 1 atom stereocenters. The summed E-state index contributed by atoms with van der Waals surface area (Å²) in [5.41, 5.74) is 4.65. The summed E-state index contributed by atoms with van der Waals surface area (Å²) in [6.07, 6.45) is 3.00. The summed E-state index contributed by atoms with van der Waals surface area (Å²) in [5, 5.41) is 13.7. The number of nitrogens with zero attached hydrogens (tertiary/aromatic N) is 5. The molecule has 130 valence electrons. The van der Waals surface area contributed by atoms with Crippen LogP contribution < -0.4 is 5.32 Å². The highest BCUT2D eigenvalue weighted by atomic mass is 32.1. The first kappa shape index (κ1) is 17.0. The Balaban J connectivity index is 1.89. The van der Waals surface area contributed by atoms with Crippen molar-refractivity contribution >= 4 is 21.4 Å². The molecule has 0 aliphatic rings. The van der Waals surface area contributed by atoms with Crippen LogP contribution in [0.2, 0.25) is 0 Å². The third-order valence-corrected chi connectivity index (χ3v) is 5.28. The monoisotopic (exact) mass is 346 g/mol. The molecule has 0 saturated heterocycles. The fourth-order valence-electron chi connectivity index (χ4n) is 2.94. The van der Waals surface area contributed by atoms with Gasteiger partial charge in [-0.25, -0.2) is 9.50 Å². The van der Waals surface area contributed by atoms with Gasteiger partial charge in [-0.15, -0.1) is 5.10 Å². The summed E-state index contributed by atoms with van der Waals surface area (Å²) in [4.78, 5) is 5.64. The molecule has 3 aromatic heterocycles. The highest BCUT2D eigenvalue weighted by Gasteiger charge is 2.22. The van der Waals surface area contributed by atoms with E-state index in [4.69, 9.17) is 4.98 Å². The number of hydrogen-bond donors (Lipinski definition) is 1. The average molecular weight is 347 g/mol. The average Bonchev–Trinajstić information content (AvgIpc) is 3.09. The van der Waals surface area contributed by atoms with Gasteiger partial charge in [0.2, 0.25) is 10.1 Å². The molecular weight excluding hydrogens is 320 g/mol. The van der Waals surface area contributed by atoms with Crippen LogP contribution in [0.4, 0.5) is 5.13 Å². The molecule has 0 saturated carbocycles. The van der Waals surface area contributed by atoms with Crippen molar-refractivity contribution in [1.82, 2.24) is 24.4 Å². The number of aromatic nitrogens is 5. The number of anilines is 1. The second-order valence-electron chi connectivity index (χ2n) is 7.32. The number of nitrogens with one attached hydrogen (secondary N) is 1. The first-order valence-corrected chi connectivity index (χ1v) is 9.15. The molecule has 6 nitrogen and oxygen atoms in total. The maximum absolute atomic E-state index is 4.71. The van der Waals surface area contributed by atoms with Gasteiger partial charge in [-0.2, -0.15) is 5.10 Å². The van der Waals surface area contributed by atoms with Gasteiger partial charge in [-0.1, -0.05) is 39.0 Å². The first-order chi connectivity index (χ1) is 11.2. The normalized spacial score (nSPS) is 13.6. The zero-order valence-electron chi connectivity index (χ0n) is 15.5. The minimum Gasteiger partial charge on any atom is -0.353 e. The first-order valence-electron chi connectivity index (χ1n) is 8.34. The minimum absolute atomic E-state index is 0.0386. The summed E-state index contributed by atoms with van der Waals surface area (Å²) >= 11 is 1.59. The van der Waals surface area contributed by atoms with Crippen molar-refractivity contribution in [3.8, 4) is 0 Å². The predicted octanol–water partition coefficient (Wildman–Crippen LogP) is 4.00. The van der Waals surface area contributed by atoms with Gasteiger partial charge in [0.15, 0.2) is 0 Å². The van der Waals surface area contributed by atoms with Crippen LogP contribution in [-0.2, 0) is 12.5 Å². The van der Waals surface area contributed by atoms with E-state index in [0.29, 0.717) is 0 Å². The van der Waals surface area contributed by atoms with Crippen LogP contribution in [0.3, 0.4) is 0 Å². The van der Waals surface area contributed by atoms with Crippen LogP contribution in [0.1, 0.15) is 62.8 Å². The van der Waals surface area contributed by atoms with Gasteiger partial charge in [0.1, 0.15) is 0 Å². The number of aryl methyl sites for hydroxylation is 2. The van der Waals surface area contributed by atoms with Crippen molar-refractivity contribution in [2.45, 2.75) is 59.4 Å². The van der Waals surface area contributed by atoms with E-state index in [1.54, 1.807) is 11.3 Å². The van der Waals surface area contributed by atoms with E-state index >= 15 is 0 Å². The minimum atomic E-state index is 0.0386. The van der Waals surface area contributed by atoms with E-state index in [1.165, 1.54) is 11.3 Å². The Morgan fingerprint density at radius 2 is 1.96 bits per heavy atom. The molecule has 24 heavy (non-hydrogen) atoms. The van der Waals surface area contributed by atoms with Crippen molar-refractivity contribution in [2.75, 3.05) is 5.32 Å². The Bertz CT molecular complexity index is 832. The van der Waals surface area contributed by atoms with Crippen molar-refractivity contribution in [1.29, 1.82) is 0 Å². The van der Waals surface area contributed by atoms with E-state index in [0.717, 1.165) is 27.9 Å². The van der Waals surface area contributed by atoms with E-state index in [-0.39, 0.29) is 11.5 Å². The fourth-order valence-corrected chi connectivity index (χ4v) is 3.78. The topological polar surface area (TPSA) is 60.0 Å². The molecule has 0 aliphatic heterocycles. The van der Waals surface area contributed by atoms with Gasteiger partial charge in [0.25, 0.3) is 0 Å². The quantitative estimate of drug-likeness (QED) is 0.775. The fraction of sp³-hybridized carbons (Fsp3) is 0.588. The van der Waals surface area contributed by atoms with Gasteiger partial charge in [0.05, 0.1) is 23.6 Å². The summed E-state index contributed by atoms with van der Waals surface area (Å²) in [5.74, 6) is 0. The molecule has 3 rings (SSSR count). The van der Waals surface area contributed by atoms with Gasteiger partial charge < -0.3 is 5.32 Å². The maximum Gasteiger partial charge on any atom is 0.214 e. The SMILES string of the molecule is CCC(Nc1nn2cc(C(C)(C)C)nc2s1)c1c(C)nn(C)c1C. The van der Waals surface area contributed by atoms with Crippen LogP contribution in [-0.4, -0.2) is 24.4 Å². The molecule has 3 heterocycles. The van der Waals surface area contributed by atoms with Crippen LogP contribution in [0.25, 0.3) is 4.96 Å². The number of imidazole rings is 1. The smallest absolute Gasteiger partial charge is 0.214 e. The zero-order valence-corrected chi connectivity index (χ0v) is 16.3. The van der Waals surface area contributed by atoms with Crippen LogP contribution in [0.5, 0.6) is 0 Å². The van der Waals surface area contributed by atoms with Gasteiger partial charge in [-0.05, 0) is 20.3 Å². The van der Waals surface area contributed by atoms with E-state index in [2.05, 4.69) is 57.1 Å². The largest absolute Gasteiger partial charge is 0.353 e. The molecular formula is C17H26N6S. The van der Waals surface area contributed by atoms with E-state index in [9.17, 15) is 0 Å². The number of fused-ring (bicyclic) bond motifs is 1. The second kappa shape index (κ2) is 5.88. The second-order valence-corrected chi connectivity index (χ2v) is 8.28. The lowest BCUT2D eigenvalue weighted by molar-refractivity contribution is 0.572.